The molecule has 4 heterocycles. The number of ether oxygens (including phenoxy) is 3. The molecule has 1 aromatic heterocycles. The van der Waals surface area contributed by atoms with E-state index in [1.807, 2.05) is 19.1 Å². The first-order chi connectivity index (χ1) is 14.6. The van der Waals surface area contributed by atoms with E-state index in [4.69, 9.17) is 19.3 Å². The van der Waals surface area contributed by atoms with Gasteiger partial charge in [-0.2, -0.15) is 5.10 Å². The number of nitrogens with zero attached hydrogens (tertiary/aromatic N) is 3. The van der Waals surface area contributed by atoms with Gasteiger partial charge in [0, 0.05) is 37.9 Å². The van der Waals surface area contributed by atoms with E-state index >= 15 is 0 Å². The van der Waals surface area contributed by atoms with Gasteiger partial charge in [0.2, 0.25) is 5.72 Å². The highest BCUT2D eigenvalue weighted by Crippen LogP contribution is 2.52. The van der Waals surface area contributed by atoms with Crippen LogP contribution in [0.25, 0.3) is 0 Å². The summed E-state index contributed by atoms with van der Waals surface area (Å²) in [6.45, 7) is 3.34. The van der Waals surface area contributed by atoms with Gasteiger partial charge in [-0.15, -0.1) is 11.3 Å². The first-order valence-electron chi connectivity index (χ1n) is 10.3. The van der Waals surface area contributed by atoms with Crippen LogP contribution in [0.4, 0.5) is 4.79 Å². The zero-order chi connectivity index (χ0) is 20.7. The minimum Gasteiger partial charge on any atom is -0.493 e. The van der Waals surface area contributed by atoms with Crippen LogP contribution in [-0.4, -0.2) is 54.2 Å². The number of rotatable bonds is 3. The maximum atomic E-state index is 12.2. The van der Waals surface area contributed by atoms with Crippen molar-refractivity contribution in [1.29, 1.82) is 0 Å². The number of piperidine rings is 1. The molecule has 3 aliphatic rings. The summed E-state index contributed by atoms with van der Waals surface area (Å²) in [7, 11) is 1.67. The van der Waals surface area contributed by atoms with Crippen LogP contribution in [0.2, 0.25) is 0 Å². The number of likely N-dealkylation sites (tertiary alicyclic amines) is 1. The highest BCUT2D eigenvalue weighted by molar-refractivity contribution is 7.12. The number of hydrazone groups is 1. The van der Waals surface area contributed by atoms with Crippen molar-refractivity contribution in [2.45, 2.75) is 38.0 Å². The summed E-state index contributed by atoms with van der Waals surface area (Å²) in [6, 6.07) is 10.3. The Morgan fingerprint density at radius 3 is 2.83 bits per heavy atom. The second-order valence-electron chi connectivity index (χ2n) is 7.70. The molecule has 1 saturated heterocycles. The van der Waals surface area contributed by atoms with Crippen molar-refractivity contribution in [3.8, 4) is 11.5 Å². The molecule has 8 heteroatoms. The van der Waals surface area contributed by atoms with Crippen molar-refractivity contribution in [2.24, 2.45) is 5.10 Å². The lowest BCUT2D eigenvalue weighted by Gasteiger charge is -2.51. The van der Waals surface area contributed by atoms with Crippen LogP contribution >= 0.6 is 11.3 Å². The van der Waals surface area contributed by atoms with Crippen molar-refractivity contribution < 1.29 is 19.0 Å². The summed E-state index contributed by atoms with van der Waals surface area (Å²) in [5.41, 5.74) is 1.58. The van der Waals surface area contributed by atoms with E-state index in [2.05, 4.69) is 28.6 Å². The Kier molecular flexibility index (Phi) is 4.81. The zero-order valence-electron chi connectivity index (χ0n) is 17.2. The van der Waals surface area contributed by atoms with E-state index < -0.39 is 5.72 Å². The molecule has 7 nitrogen and oxygen atoms in total. The van der Waals surface area contributed by atoms with E-state index in [0.717, 1.165) is 29.2 Å². The summed E-state index contributed by atoms with van der Waals surface area (Å²) in [5.74, 6) is 1.54. The molecule has 0 saturated carbocycles. The van der Waals surface area contributed by atoms with Gasteiger partial charge in [0.05, 0.1) is 30.3 Å². The molecule has 1 fully saturated rings. The summed E-state index contributed by atoms with van der Waals surface area (Å²) in [6.07, 6.45) is 1.87. The molecular weight excluding hydrogens is 402 g/mol. The minimum absolute atomic E-state index is 0.0927. The maximum Gasteiger partial charge on any atom is 0.409 e. The van der Waals surface area contributed by atoms with Crippen molar-refractivity contribution in [1.82, 2.24) is 9.91 Å². The Morgan fingerprint density at radius 1 is 1.30 bits per heavy atom. The molecule has 5 rings (SSSR count). The number of amides is 1. The molecular formula is C22H25N3O4S. The van der Waals surface area contributed by atoms with E-state index in [9.17, 15) is 4.79 Å². The van der Waals surface area contributed by atoms with Crippen LogP contribution in [-0.2, 0) is 4.74 Å². The number of thiophene rings is 1. The lowest BCUT2D eigenvalue weighted by atomic mass is 9.91. The number of fused-ring (bicyclic) bond motifs is 4. The maximum absolute atomic E-state index is 12.2. The second kappa shape index (κ2) is 7.50. The average molecular weight is 428 g/mol. The fourth-order valence-corrected chi connectivity index (χ4v) is 5.33. The normalized spacial score (nSPS) is 21.5. The predicted octanol–water partition coefficient (Wildman–Crippen LogP) is 4.25. The van der Waals surface area contributed by atoms with Crippen molar-refractivity contribution in [3.05, 3.63) is 46.2 Å². The van der Waals surface area contributed by atoms with Crippen LogP contribution in [0.5, 0.6) is 11.5 Å². The Balaban J connectivity index is 1.51. The van der Waals surface area contributed by atoms with Gasteiger partial charge in [0.25, 0.3) is 0 Å². The molecule has 158 valence electrons. The van der Waals surface area contributed by atoms with E-state index in [1.165, 1.54) is 4.88 Å². The number of hydrogen-bond acceptors (Lipinski definition) is 7. The first-order valence-corrected chi connectivity index (χ1v) is 11.2. The fraction of sp³-hybridized carbons (Fsp3) is 0.455. The standard InChI is InChI=1S/C22H25N3O4S/c1-3-28-21(26)24-11-9-22(10-12-24)25-17(14-16(23-25)19-8-5-13-30-19)15-6-4-7-18(27-2)20(15)29-22/h4-8,13,17H,3,9-12,14H2,1-2H3/t17-/m1/s1. The second-order valence-corrected chi connectivity index (χ2v) is 8.65. The van der Waals surface area contributed by atoms with Crippen molar-refractivity contribution in [3.63, 3.8) is 0 Å². The van der Waals surface area contributed by atoms with Crippen molar-refractivity contribution >= 4 is 23.1 Å². The monoisotopic (exact) mass is 427 g/mol. The molecule has 0 N–H and O–H groups in total. The quantitative estimate of drug-likeness (QED) is 0.733. The summed E-state index contributed by atoms with van der Waals surface area (Å²) in [4.78, 5) is 15.1. The third-order valence-corrected chi connectivity index (χ3v) is 7.00. The Hall–Kier alpha value is -2.74. The molecule has 0 radical (unpaired) electrons. The Bertz CT molecular complexity index is 967. The van der Waals surface area contributed by atoms with Crippen LogP contribution in [0.3, 0.4) is 0 Å². The smallest absolute Gasteiger partial charge is 0.409 e. The third kappa shape index (κ3) is 3.01. The third-order valence-electron chi connectivity index (χ3n) is 6.08. The Morgan fingerprint density at radius 2 is 2.13 bits per heavy atom. The Labute approximate surface area is 179 Å². The SMILES string of the molecule is CCOC(=O)N1CCC2(CC1)Oc1c(OC)cccc1[C@H]1CC(c3cccs3)=NN12. The number of methoxy groups -OCH3 is 1. The predicted molar refractivity (Wildman–Crippen MR) is 114 cm³/mol. The van der Waals surface area contributed by atoms with Gasteiger partial charge < -0.3 is 19.1 Å². The molecule has 1 atom stereocenters. The van der Waals surface area contributed by atoms with Crippen LogP contribution < -0.4 is 9.47 Å². The van der Waals surface area contributed by atoms with E-state index in [-0.39, 0.29) is 12.1 Å². The van der Waals surface area contributed by atoms with E-state index in [1.54, 1.807) is 23.3 Å². The van der Waals surface area contributed by atoms with Gasteiger partial charge in [-0.3, -0.25) is 0 Å². The van der Waals surface area contributed by atoms with Gasteiger partial charge in [0.15, 0.2) is 11.5 Å². The largest absolute Gasteiger partial charge is 0.493 e. The molecule has 1 spiro atoms. The molecule has 1 amide bonds. The lowest BCUT2D eigenvalue weighted by molar-refractivity contribution is -0.148. The molecule has 1 aromatic carbocycles. The lowest BCUT2D eigenvalue weighted by Crippen LogP contribution is -2.59. The van der Waals surface area contributed by atoms with Gasteiger partial charge in [-0.1, -0.05) is 18.2 Å². The number of carbonyl (C=O) groups is 1. The number of benzene rings is 1. The first kappa shape index (κ1) is 19.2. The molecule has 0 bridgehead atoms. The summed E-state index contributed by atoms with van der Waals surface area (Å²) in [5, 5.41) is 9.27. The van der Waals surface area contributed by atoms with Crippen LogP contribution in [0, 0.1) is 0 Å². The molecule has 3 aliphatic heterocycles. The van der Waals surface area contributed by atoms with Gasteiger partial charge in [0.1, 0.15) is 0 Å². The van der Waals surface area contributed by atoms with Crippen molar-refractivity contribution in [2.75, 3.05) is 26.8 Å². The molecule has 30 heavy (non-hydrogen) atoms. The summed E-state index contributed by atoms with van der Waals surface area (Å²) < 4.78 is 17.5. The average Bonchev–Trinajstić information content (AvgIpc) is 3.45. The minimum atomic E-state index is -0.603. The van der Waals surface area contributed by atoms with Gasteiger partial charge in [-0.05, 0) is 24.4 Å². The molecule has 0 unspecified atom stereocenters. The number of carbonyl (C=O) groups excluding carboxylic acids is 1. The van der Waals surface area contributed by atoms with Gasteiger partial charge in [-0.25, -0.2) is 9.80 Å². The number of hydrogen-bond donors (Lipinski definition) is 0. The van der Waals surface area contributed by atoms with Crippen LogP contribution in [0.15, 0.2) is 40.8 Å². The number of para-hydroxylation sites is 1. The highest BCUT2D eigenvalue weighted by Gasteiger charge is 2.53. The highest BCUT2D eigenvalue weighted by atomic mass is 32.1. The van der Waals surface area contributed by atoms with E-state index in [0.29, 0.717) is 32.5 Å². The molecule has 2 aromatic rings. The zero-order valence-corrected chi connectivity index (χ0v) is 18.0. The molecule has 0 aliphatic carbocycles. The van der Waals surface area contributed by atoms with Crippen LogP contribution in [0.1, 0.15) is 42.7 Å². The summed E-state index contributed by atoms with van der Waals surface area (Å²) >= 11 is 1.71. The fourth-order valence-electron chi connectivity index (χ4n) is 4.61. The topological polar surface area (TPSA) is 63.6 Å². The van der Waals surface area contributed by atoms with Gasteiger partial charge >= 0.3 is 6.09 Å².